The zero-order valence-corrected chi connectivity index (χ0v) is 9.51. The number of hydrogen-bond acceptors (Lipinski definition) is 3. The van der Waals surface area contributed by atoms with Crippen molar-refractivity contribution in [1.82, 2.24) is 9.97 Å². The molecule has 0 aliphatic carbocycles. The van der Waals surface area contributed by atoms with Gasteiger partial charge in [-0.05, 0) is 17.0 Å². The van der Waals surface area contributed by atoms with E-state index in [4.69, 9.17) is 5.73 Å². The van der Waals surface area contributed by atoms with Crippen LogP contribution in [0.2, 0.25) is 0 Å². The van der Waals surface area contributed by atoms with E-state index in [1.54, 1.807) is 12.4 Å². The highest BCUT2D eigenvalue weighted by Crippen LogP contribution is 2.22. The Kier molecular flexibility index (Phi) is 2.86. The van der Waals surface area contributed by atoms with Crippen molar-refractivity contribution >= 4 is 5.95 Å². The van der Waals surface area contributed by atoms with Crippen LogP contribution in [0.25, 0.3) is 11.1 Å². The smallest absolute Gasteiger partial charge is 0.219 e. The lowest BCUT2D eigenvalue weighted by Crippen LogP contribution is -1.94. The van der Waals surface area contributed by atoms with Gasteiger partial charge >= 0.3 is 0 Å². The minimum absolute atomic E-state index is 0.309. The van der Waals surface area contributed by atoms with Crippen LogP contribution in [0.15, 0.2) is 36.7 Å². The molecule has 0 saturated heterocycles. The van der Waals surface area contributed by atoms with Crippen molar-refractivity contribution in [3.8, 4) is 11.1 Å². The van der Waals surface area contributed by atoms with E-state index in [2.05, 4.69) is 48.1 Å². The van der Waals surface area contributed by atoms with Gasteiger partial charge in [0, 0.05) is 18.0 Å². The molecule has 0 aliphatic rings. The molecular weight excluding hydrogens is 198 g/mol. The third kappa shape index (κ3) is 2.19. The van der Waals surface area contributed by atoms with Gasteiger partial charge < -0.3 is 5.73 Å². The van der Waals surface area contributed by atoms with Gasteiger partial charge in [0.1, 0.15) is 0 Å². The first-order chi connectivity index (χ1) is 7.66. The number of nitrogens with two attached hydrogens (primary N) is 1. The highest BCUT2D eigenvalue weighted by molar-refractivity contribution is 5.62. The molecule has 0 spiro atoms. The lowest BCUT2D eigenvalue weighted by atomic mass is 9.99. The topological polar surface area (TPSA) is 51.8 Å². The SMILES string of the molecule is CC(C)c1cccc(-c2cnc(N)nc2)c1. The van der Waals surface area contributed by atoms with Crippen LogP contribution in [-0.4, -0.2) is 9.97 Å². The number of nitrogen functional groups attached to an aromatic ring is 1. The van der Waals surface area contributed by atoms with E-state index in [-0.39, 0.29) is 0 Å². The van der Waals surface area contributed by atoms with Gasteiger partial charge in [0.2, 0.25) is 5.95 Å². The summed E-state index contributed by atoms with van der Waals surface area (Å²) in [5, 5.41) is 0. The molecule has 1 aromatic heterocycles. The fourth-order valence-corrected chi connectivity index (χ4v) is 1.56. The molecule has 0 atom stereocenters. The first-order valence-corrected chi connectivity index (χ1v) is 5.34. The summed E-state index contributed by atoms with van der Waals surface area (Å²) in [5.74, 6) is 0.832. The first-order valence-electron chi connectivity index (χ1n) is 5.34. The van der Waals surface area contributed by atoms with Crippen molar-refractivity contribution in [2.75, 3.05) is 5.73 Å². The molecule has 0 fully saturated rings. The standard InChI is InChI=1S/C13H15N3/c1-9(2)10-4-3-5-11(6-10)12-7-15-13(14)16-8-12/h3-9H,1-2H3,(H2,14,15,16). The average Bonchev–Trinajstić information content (AvgIpc) is 2.30. The molecule has 0 unspecified atom stereocenters. The predicted octanol–water partition coefficient (Wildman–Crippen LogP) is 2.85. The van der Waals surface area contributed by atoms with Gasteiger partial charge in [-0.3, -0.25) is 0 Å². The minimum atomic E-state index is 0.309. The van der Waals surface area contributed by atoms with E-state index in [9.17, 15) is 0 Å². The molecule has 3 heteroatoms. The number of rotatable bonds is 2. The van der Waals surface area contributed by atoms with Gasteiger partial charge in [-0.1, -0.05) is 38.1 Å². The highest BCUT2D eigenvalue weighted by atomic mass is 15.0. The molecule has 82 valence electrons. The fraction of sp³-hybridized carbons (Fsp3) is 0.231. The van der Waals surface area contributed by atoms with Crippen molar-refractivity contribution in [2.45, 2.75) is 19.8 Å². The predicted molar refractivity (Wildman–Crippen MR) is 66.0 cm³/mol. The van der Waals surface area contributed by atoms with Crippen LogP contribution >= 0.6 is 0 Å². The van der Waals surface area contributed by atoms with Gasteiger partial charge in [0.05, 0.1) is 0 Å². The first kappa shape index (κ1) is 10.6. The summed E-state index contributed by atoms with van der Waals surface area (Å²) in [6.07, 6.45) is 3.50. The van der Waals surface area contributed by atoms with Crippen LogP contribution in [0.5, 0.6) is 0 Å². The molecule has 16 heavy (non-hydrogen) atoms. The minimum Gasteiger partial charge on any atom is -0.368 e. The van der Waals surface area contributed by atoms with E-state index < -0.39 is 0 Å². The van der Waals surface area contributed by atoms with E-state index in [1.165, 1.54) is 5.56 Å². The van der Waals surface area contributed by atoms with Crippen LogP contribution in [0, 0.1) is 0 Å². The quantitative estimate of drug-likeness (QED) is 0.834. The summed E-state index contributed by atoms with van der Waals surface area (Å²) in [6.45, 7) is 4.36. The maximum absolute atomic E-state index is 5.46. The summed E-state index contributed by atoms with van der Waals surface area (Å²) in [6, 6.07) is 8.41. The molecule has 2 rings (SSSR count). The number of aromatic nitrogens is 2. The lowest BCUT2D eigenvalue weighted by Gasteiger charge is -2.07. The Bertz CT molecular complexity index is 475. The Morgan fingerprint density at radius 1 is 1.06 bits per heavy atom. The van der Waals surface area contributed by atoms with Crippen molar-refractivity contribution in [1.29, 1.82) is 0 Å². The van der Waals surface area contributed by atoms with E-state index in [0.29, 0.717) is 11.9 Å². The van der Waals surface area contributed by atoms with Crippen LogP contribution in [0.4, 0.5) is 5.95 Å². The zero-order chi connectivity index (χ0) is 11.5. The third-order valence-electron chi connectivity index (χ3n) is 2.56. The largest absolute Gasteiger partial charge is 0.368 e. The Morgan fingerprint density at radius 2 is 1.75 bits per heavy atom. The van der Waals surface area contributed by atoms with E-state index in [1.807, 2.05) is 0 Å². The molecule has 1 heterocycles. The molecule has 0 amide bonds. The molecule has 0 saturated carbocycles. The molecule has 3 nitrogen and oxygen atoms in total. The molecular formula is C13H15N3. The number of nitrogens with zero attached hydrogens (tertiary/aromatic N) is 2. The molecule has 0 bridgehead atoms. The maximum atomic E-state index is 5.46. The van der Waals surface area contributed by atoms with Crippen molar-refractivity contribution in [2.24, 2.45) is 0 Å². The Labute approximate surface area is 95.4 Å². The van der Waals surface area contributed by atoms with Gasteiger partial charge in [-0.2, -0.15) is 0 Å². The van der Waals surface area contributed by atoms with Gasteiger partial charge in [0.15, 0.2) is 0 Å². The second kappa shape index (κ2) is 4.31. The molecule has 1 aromatic carbocycles. The fourth-order valence-electron chi connectivity index (χ4n) is 1.56. The lowest BCUT2D eigenvalue weighted by molar-refractivity contribution is 0.867. The van der Waals surface area contributed by atoms with Crippen LogP contribution < -0.4 is 5.73 Å². The van der Waals surface area contributed by atoms with Gasteiger partial charge in [0.25, 0.3) is 0 Å². The summed E-state index contributed by atoms with van der Waals surface area (Å²) < 4.78 is 0. The van der Waals surface area contributed by atoms with Crippen LogP contribution in [0.3, 0.4) is 0 Å². The summed E-state index contributed by atoms with van der Waals surface area (Å²) in [4.78, 5) is 7.99. The van der Waals surface area contributed by atoms with E-state index >= 15 is 0 Å². The molecule has 0 aliphatic heterocycles. The second-order valence-electron chi connectivity index (χ2n) is 4.11. The monoisotopic (exact) mass is 213 g/mol. The number of hydrogen-bond donors (Lipinski definition) is 1. The summed E-state index contributed by atoms with van der Waals surface area (Å²) in [5.41, 5.74) is 8.90. The Balaban J connectivity index is 2.40. The van der Waals surface area contributed by atoms with Crippen molar-refractivity contribution in [3.63, 3.8) is 0 Å². The van der Waals surface area contributed by atoms with Crippen molar-refractivity contribution < 1.29 is 0 Å². The molecule has 2 N–H and O–H groups in total. The van der Waals surface area contributed by atoms with Crippen LogP contribution in [-0.2, 0) is 0 Å². The summed E-state index contributed by atoms with van der Waals surface area (Å²) in [7, 11) is 0. The highest BCUT2D eigenvalue weighted by Gasteiger charge is 2.02. The Hall–Kier alpha value is -1.90. The van der Waals surface area contributed by atoms with Crippen LogP contribution in [0.1, 0.15) is 25.3 Å². The number of anilines is 1. The maximum Gasteiger partial charge on any atom is 0.219 e. The Morgan fingerprint density at radius 3 is 2.38 bits per heavy atom. The second-order valence-corrected chi connectivity index (χ2v) is 4.11. The third-order valence-corrected chi connectivity index (χ3v) is 2.56. The summed E-state index contributed by atoms with van der Waals surface area (Å²) >= 11 is 0. The molecule has 2 aromatic rings. The normalized spacial score (nSPS) is 10.7. The van der Waals surface area contributed by atoms with Gasteiger partial charge in [-0.25, -0.2) is 9.97 Å². The van der Waals surface area contributed by atoms with Crippen molar-refractivity contribution in [3.05, 3.63) is 42.2 Å². The number of benzene rings is 1. The van der Waals surface area contributed by atoms with E-state index in [0.717, 1.165) is 11.1 Å². The average molecular weight is 213 g/mol. The zero-order valence-electron chi connectivity index (χ0n) is 9.51. The molecule has 0 radical (unpaired) electrons. The van der Waals surface area contributed by atoms with Gasteiger partial charge in [-0.15, -0.1) is 0 Å².